The van der Waals surface area contributed by atoms with Crippen molar-refractivity contribution in [3.8, 4) is 0 Å². The van der Waals surface area contributed by atoms with Gasteiger partial charge in [-0.15, -0.1) is 0 Å². The first-order chi connectivity index (χ1) is 12.5. The number of aliphatic hydroxyl groups excluding tert-OH is 4. The van der Waals surface area contributed by atoms with Crippen molar-refractivity contribution < 1.29 is 39.4 Å². The summed E-state index contributed by atoms with van der Waals surface area (Å²) in [5.74, 6) is 0. The normalized spacial score (nSPS) is 17.7. The average Bonchev–Trinajstić information content (AvgIpc) is 2.66. The highest BCUT2D eigenvalue weighted by atomic mass is 16.6. The van der Waals surface area contributed by atoms with Crippen LogP contribution in [0.2, 0.25) is 0 Å². The van der Waals surface area contributed by atoms with E-state index < -0.39 is 24.4 Å². The van der Waals surface area contributed by atoms with Crippen LogP contribution < -0.4 is 5.73 Å². The molecule has 0 spiro atoms. The lowest BCUT2D eigenvalue weighted by molar-refractivity contribution is -0.114. The lowest BCUT2D eigenvalue weighted by Crippen LogP contribution is -2.34. The van der Waals surface area contributed by atoms with E-state index in [0.29, 0.717) is 19.4 Å². The Bertz CT molecular complexity index is 310. The molecule has 0 aliphatic rings. The molecule has 0 aliphatic carbocycles. The monoisotopic (exact) mass is 383 g/mol. The van der Waals surface area contributed by atoms with E-state index >= 15 is 0 Å². The average molecular weight is 383 g/mol. The molecule has 0 saturated heterocycles. The summed E-state index contributed by atoms with van der Waals surface area (Å²) < 4.78 is 22.1. The molecule has 26 heavy (non-hydrogen) atoms. The van der Waals surface area contributed by atoms with Gasteiger partial charge in [0.1, 0.15) is 12.2 Å². The summed E-state index contributed by atoms with van der Waals surface area (Å²) in [4.78, 5) is 0. The minimum Gasteiger partial charge on any atom is -0.394 e. The molecule has 6 N–H and O–H groups in total. The Morgan fingerprint density at radius 3 is 1.81 bits per heavy atom. The van der Waals surface area contributed by atoms with E-state index in [4.69, 9.17) is 29.8 Å². The second kappa shape index (κ2) is 16.8. The van der Waals surface area contributed by atoms with E-state index in [0.717, 1.165) is 0 Å². The number of nitrogens with two attached hydrogens (primary N) is 1. The number of hydrogen-bond donors (Lipinski definition) is 5. The molecule has 158 valence electrons. The first kappa shape index (κ1) is 25.6. The number of hydrogen-bond acceptors (Lipinski definition) is 9. The zero-order valence-corrected chi connectivity index (χ0v) is 16.0. The van der Waals surface area contributed by atoms with Crippen LogP contribution in [0.15, 0.2) is 0 Å². The van der Waals surface area contributed by atoms with Crippen molar-refractivity contribution in [3.05, 3.63) is 0 Å². The molecule has 0 aromatic rings. The molecule has 5 atom stereocenters. The van der Waals surface area contributed by atoms with Gasteiger partial charge in [-0.3, -0.25) is 0 Å². The Kier molecular flexibility index (Phi) is 16.6. The summed E-state index contributed by atoms with van der Waals surface area (Å²) in [6, 6.07) is 0. The van der Waals surface area contributed by atoms with E-state index in [1.807, 2.05) is 13.8 Å². The van der Waals surface area contributed by atoms with E-state index in [-0.39, 0.29) is 52.3 Å². The fraction of sp³-hybridized carbons (Fsp3) is 1.00. The van der Waals surface area contributed by atoms with Gasteiger partial charge < -0.3 is 45.1 Å². The fourth-order valence-electron chi connectivity index (χ4n) is 1.83. The SMILES string of the molecule is CCC(O)COC(COCC(O)CO)COC(CC)COCC(O)CN. The van der Waals surface area contributed by atoms with Crippen LogP contribution >= 0.6 is 0 Å². The summed E-state index contributed by atoms with van der Waals surface area (Å²) >= 11 is 0. The first-order valence-corrected chi connectivity index (χ1v) is 9.20. The molecule has 0 fully saturated rings. The number of aliphatic hydroxyl groups is 4. The van der Waals surface area contributed by atoms with E-state index in [1.165, 1.54) is 0 Å². The molecule has 0 saturated carbocycles. The Morgan fingerprint density at radius 2 is 1.27 bits per heavy atom. The van der Waals surface area contributed by atoms with Gasteiger partial charge in [-0.2, -0.15) is 0 Å². The zero-order chi connectivity index (χ0) is 19.8. The van der Waals surface area contributed by atoms with Crippen LogP contribution in [0.5, 0.6) is 0 Å². The number of rotatable bonds is 18. The summed E-state index contributed by atoms with van der Waals surface area (Å²) in [5.41, 5.74) is 5.32. The summed E-state index contributed by atoms with van der Waals surface area (Å²) in [6.07, 6.45) is -1.51. The van der Waals surface area contributed by atoms with E-state index in [1.54, 1.807) is 0 Å². The van der Waals surface area contributed by atoms with Crippen LogP contribution in [0.25, 0.3) is 0 Å². The van der Waals surface area contributed by atoms with Crippen LogP contribution in [0, 0.1) is 0 Å². The van der Waals surface area contributed by atoms with Gasteiger partial charge >= 0.3 is 0 Å². The maximum Gasteiger partial charge on any atom is 0.104 e. The molecular formula is C17H37NO8. The van der Waals surface area contributed by atoms with Crippen LogP contribution in [-0.4, -0.2) is 104 Å². The first-order valence-electron chi connectivity index (χ1n) is 9.20. The van der Waals surface area contributed by atoms with Gasteiger partial charge in [-0.1, -0.05) is 13.8 Å². The summed E-state index contributed by atoms with van der Waals surface area (Å²) in [5, 5.41) is 37.1. The van der Waals surface area contributed by atoms with Crippen molar-refractivity contribution in [1.82, 2.24) is 0 Å². The Hall–Kier alpha value is -0.360. The van der Waals surface area contributed by atoms with Crippen LogP contribution in [0.4, 0.5) is 0 Å². The molecule has 5 unspecified atom stereocenters. The lowest BCUT2D eigenvalue weighted by Gasteiger charge is -2.23. The smallest absolute Gasteiger partial charge is 0.104 e. The zero-order valence-electron chi connectivity index (χ0n) is 16.0. The molecule has 0 bridgehead atoms. The van der Waals surface area contributed by atoms with Crippen molar-refractivity contribution in [1.29, 1.82) is 0 Å². The third-order valence-electron chi connectivity index (χ3n) is 3.68. The predicted molar refractivity (Wildman–Crippen MR) is 95.9 cm³/mol. The number of ether oxygens (including phenoxy) is 4. The lowest BCUT2D eigenvalue weighted by atomic mass is 10.3. The maximum absolute atomic E-state index is 9.64. The predicted octanol–water partition coefficient (Wildman–Crippen LogP) is -1.36. The highest BCUT2D eigenvalue weighted by molar-refractivity contribution is 4.63. The Balaban J connectivity index is 4.28. The quantitative estimate of drug-likeness (QED) is 0.194. The van der Waals surface area contributed by atoms with E-state index in [9.17, 15) is 15.3 Å². The van der Waals surface area contributed by atoms with Crippen molar-refractivity contribution in [3.63, 3.8) is 0 Å². The second-order valence-corrected chi connectivity index (χ2v) is 6.18. The fourth-order valence-corrected chi connectivity index (χ4v) is 1.83. The molecule has 0 amide bonds. The van der Waals surface area contributed by atoms with Crippen LogP contribution in [0.1, 0.15) is 26.7 Å². The molecule has 0 aromatic carbocycles. The van der Waals surface area contributed by atoms with Crippen LogP contribution in [0.3, 0.4) is 0 Å². The molecule has 0 aromatic heterocycles. The minimum atomic E-state index is -0.941. The van der Waals surface area contributed by atoms with Gasteiger partial charge in [0.15, 0.2) is 0 Å². The van der Waals surface area contributed by atoms with Gasteiger partial charge in [-0.25, -0.2) is 0 Å². The third kappa shape index (κ3) is 13.8. The van der Waals surface area contributed by atoms with Gasteiger partial charge in [0.05, 0.1) is 64.6 Å². The standard InChI is InChI=1S/C17H37NO8/c1-3-13(20)9-25-17(11-24-8-15(22)6-19)12-26-16(4-2)10-23-7-14(21)5-18/h13-17,19-22H,3-12,18H2,1-2H3. The molecule has 0 radical (unpaired) electrons. The van der Waals surface area contributed by atoms with Crippen molar-refractivity contribution in [2.75, 3.05) is 52.8 Å². The van der Waals surface area contributed by atoms with E-state index in [2.05, 4.69) is 0 Å². The highest BCUT2D eigenvalue weighted by Gasteiger charge is 2.17. The summed E-state index contributed by atoms with van der Waals surface area (Å²) in [7, 11) is 0. The molecular weight excluding hydrogens is 346 g/mol. The maximum atomic E-state index is 9.64. The second-order valence-electron chi connectivity index (χ2n) is 6.18. The topological polar surface area (TPSA) is 144 Å². The molecule has 0 rings (SSSR count). The highest BCUT2D eigenvalue weighted by Crippen LogP contribution is 2.05. The largest absolute Gasteiger partial charge is 0.394 e. The molecule has 0 aliphatic heterocycles. The summed E-state index contributed by atoms with van der Waals surface area (Å²) in [6.45, 7) is 4.60. The van der Waals surface area contributed by atoms with Gasteiger partial charge in [0.2, 0.25) is 0 Å². The molecule has 0 heterocycles. The Labute approximate surface area is 156 Å². The van der Waals surface area contributed by atoms with Gasteiger partial charge in [0, 0.05) is 6.54 Å². The van der Waals surface area contributed by atoms with Gasteiger partial charge in [-0.05, 0) is 12.8 Å². The van der Waals surface area contributed by atoms with Crippen molar-refractivity contribution >= 4 is 0 Å². The molecule has 9 nitrogen and oxygen atoms in total. The van der Waals surface area contributed by atoms with Crippen LogP contribution in [-0.2, 0) is 18.9 Å². The van der Waals surface area contributed by atoms with Crippen molar-refractivity contribution in [2.24, 2.45) is 5.73 Å². The van der Waals surface area contributed by atoms with Crippen molar-refractivity contribution in [2.45, 2.75) is 57.2 Å². The van der Waals surface area contributed by atoms with Gasteiger partial charge in [0.25, 0.3) is 0 Å². The third-order valence-corrected chi connectivity index (χ3v) is 3.68. The molecule has 9 heteroatoms. The minimum absolute atomic E-state index is 0.00993. The Morgan fingerprint density at radius 1 is 0.692 bits per heavy atom.